The molecule has 3 aliphatic rings. The number of thiophene rings is 1. The lowest BCUT2D eigenvalue weighted by molar-refractivity contribution is -0.123. The molecule has 3 aromatic rings. The predicted molar refractivity (Wildman–Crippen MR) is 159 cm³/mol. The van der Waals surface area contributed by atoms with E-state index in [1.807, 2.05) is 48.6 Å². The third kappa shape index (κ3) is 6.81. The largest absolute Gasteiger partial charge is 0.457 e. The summed E-state index contributed by atoms with van der Waals surface area (Å²) in [5.74, 6) is 0.888. The minimum Gasteiger partial charge on any atom is -0.457 e. The van der Waals surface area contributed by atoms with E-state index < -0.39 is 0 Å². The molecule has 0 unspecified atom stereocenters. The lowest BCUT2D eigenvalue weighted by Crippen LogP contribution is -2.48. The van der Waals surface area contributed by atoms with Crippen molar-refractivity contribution in [1.82, 2.24) is 20.0 Å². The summed E-state index contributed by atoms with van der Waals surface area (Å²) < 4.78 is 12.6. The van der Waals surface area contributed by atoms with Crippen molar-refractivity contribution in [3.05, 3.63) is 81.0 Å². The molecule has 2 amide bonds. The Kier molecular flexibility index (Phi) is 8.39. The molecule has 0 radical (unpaired) electrons. The quantitative estimate of drug-likeness (QED) is 0.498. The number of ether oxygens (including phenoxy) is 2. The third-order valence-electron chi connectivity index (χ3n) is 8.12. The molecule has 6 rings (SSSR count). The lowest BCUT2D eigenvalue weighted by Gasteiger charge is -2.23. The summed E-state index contributed by atoms with van der Waals surface area (Å²) in [6.07, 6.45) is 2.43. The topological polar surface area (TPSA) is 74.4 Å². The van der Waals surface area contributed by atoms with Crippen molar-refractivity contribution < 1.29 is 19.1 Å². The van der Waals surface area contributed by atoms with Crippen molar-refractivity contribution in [1.29, 1.82) is 0 Å². The van der Waals surface area contributed by atoms with Gasteiger partial charge in [0, 0.05) is 48.5 Å². The minimum atomic E-state index is -0.228. The van der Waals surface area contributed by atoms with Gasteiger partial charge in [-0.25, -0.2) is 0 Å². The zero-order chi connectivity index (χ0) is 28.3. The predicted octanol–water partition coefficient (Wildman–Crippen LogP) is 4.42. The van der Waals surface area contributed by atoms with Gasteiger partial charge in [-0.1, -0.05) is 18.2 Å². The highest BCUT2D eigenvalue weighted by Gasteiger charge is 2.35. The number of likely N-dealkylation sites (tertiary alicyclic amines) is 2. The van der Waals surface area contributed by atoms with Crippen LogP contribution in [-0.4, -0.2) is 78.4 Å². The van der Waals surface area contributed by atoms with E-state index in [9.17, 15) is 9.59 Å². The van der Waals surface area contributed by atoms with E-state index in [1.165, 1.54) is 40.6 Å². The van der Waals surface area contributed by atoms with Crippen LogP contribution in [0.1, 0.15) is 44.1 Å². The van der Waals surface area contributed by atoms with Crippen LogP contribution in [0.15, 0.2) is 54.6 Å². The molecule has 1 N–H and O–H groups in total. The first-order chi connectivity index (χ1) is 19.9. The normalized spacial score (nSPS) is 22.4. The Hall–Kier alpha value is -3.24. The molecule has 0 saturated carbocycles. The van der Waals surface area contributed by atoms with Crippen LogP contribution < -0.4 is 10.1 Å². The average Bonchev–Trinajstić information content (AvgIpc) is 3.71. The summed E-state index contributed by atoms with van der Waals surface area (Å²) in [4.78, 5) is 35.4. The van der Waals surface area contributed by atoms with Crippen LogP contribution in [0.4, 0.5) is 0 Å². The smallest absolute Gasteiger partial charge is 0.254 e. The Morgan fingerprint density at radius 2 is 1.73 bits per heavy atom. The van der Waals surface area contributed by atoms with E-state index in [4.69, 9.17) is 9.47 Å². The highest BCUT2D eigenvalue weighted by molar-refractivity contribution is 7.11. The van der Waals surface area contributed by atoms with Gasteiger partial charge in [-0.2, -0.15) is 0 Å². The minimum absolute atomic E-state index is 0.0318. The molecular formula is C32H38N4O4S. The van der Waals surface area contributed by atoms with Gasteiger partial charge in [0.05, 0.1) is 25.3 Å². The van der Waals surface area contributed by atoms with Gasteiger partial charge in [0.2, 0.25) is 5.91 Å². The number of amides is 2. The van der Waals surface area contributed by atoms with Gasteiger partial charge in [0.1, 0.15) is 11.5 Å². The van der Waals surface area contributed by atoms with Crippen molar-refractivity contribution >= 4 is 23.2 Å². The van der Waals surface area contributed by atoms with Gasteiger partial charge in [-0.3, -0.25) is 19.4 Å². The standard InChI is InChI=1S/C32H38N4O4S/c1-22-8-9-24-15-29(22)40-25-7-5-6-23(14-25)21-39-30-19-36(18-28(30)33-31(37)20-34(2)32(24)38)17-27-11-10-26(41-27)16-35-12-3-4-13-35/h5-11,14-15,28,30H,3-4,12-13,16-21H2,1-2H3,(H,33,37)/t28-,30-/m0/s1. The molecule has 3 aliphatic heterocycles. The molecule has 9 heteroatoms. The number of benzene rings is 2. The first kappa shape index (κ1) is 27.9. The second kappa shape index (κ2) is 12.3. The maximum atomic E-state index is 13.2. The average molecular weight is 575 g/mol. The molecule has 2 saturated heterocycles. The van der Waals surface area contributed by atoms with Gasteiger partial charge in [0.25, 0.3) is 5.91 Å². The summed E-state index contributed by atoms with van der Waals surface area (Å²) in [6.45, 7) is 8.00. The molecule has 4 heterocycles. The summed E-state index contributed by atoms with van der Waals surface area (Å²) in [5.41, 5.74) is 2.40. The van der Waals surface area contributed by atoms with Crippen LogP contribution in [0.5, 0.6) is 11.5 Å². The Morgan fingerprint density at radius 3 is 2.54 bits per heavy atom. The Bertz CT molecular complexity index is 1400. The number of rotatable bonds is 4. The summed E-state index contributed by atoms with van der Waals surface area (Å²) in [7, 11) is 1.65. The van der Waals surface area contributed by atoms with Crippen molar-refractivity contribution in [3.8, 4) is 11.5 Å². The number of carbonyl (C=O) groups excluding carboxylic acids is 2. The van der Waals surface area contributed by atoms with Crippen LogP contribution >= 0.6 is 11.3 Å². The second-order valence-electron chi connectivity index (χ2n) is 11.5. The molecular weight excluding hydrogens is 536 g/mol. The maximum absolute atomic E-state index is 13.2. The SMILES string of the molecule is Cc1ccc2cc1Oc1cccc(c1)CO[C@H]1CN(Cc3ccc(CN4CCCC4)s3)C[C@@H]1NC(=O)CN(C)C2=O. The number of nitrogens with one attached hydrogen (secondary N) is 1. The fourth-order valence-electron chi connectivity index (χ4n) is 5.89. The summed E-state index contributed by atoms with van der Waals surface area (Å²) in [6, 6.07) is 17.6. The fourth-order valence-corrected chi connectivity index (χ4v) is 7.00. The number of aryl methyl sites for hydroxylation is 1. The lowest BCUT2D eigenvalue weighted by atomic mass is 10.1. The van der Waals surface area contributed by atoms with Gasteiger partial charge in [0.15, 0.2) is 0 Å². The second-order valence-corrected chi connectivity index (χ2v) is 12.7. The van der Waals surface area contributed by atoms with Crippen molar-refractivity contribution in [3.63, 3.8) is 0 Å². The molecule has 41 heavy (non-hydrogen) atoms. The van der Waals surface area contributed by atoms with Crippen LogP contribution in [-0.2, 0) is 29.2 Å². The highest BCUT2D eigenvalue weighted by atomic mass is 32.1. The molecule has 2 fully saturated rings. The molecule has 8 nitrogen and oxygen atoms in total. The number of carbonyl (C=O) groups is 2. The van der Waals surface area contributed by atoms with E-state index >= 15 is 0 Å². The number of likely N-dealkylation sites (N-methyl/N-ethyl adjacent to an activating group) is 1. The highest BCUT2D eigenvalue weighted by Crippen LogP contribution is 2.29. The van der Waals surface area contributed by atoms with Crippen molar-refractivity contribution in [2.45, 2.75) is 51.6 Å². The number of hydrogen-bond acceptors (Lipinski definition) is 7. The number of hydrogen-bond donors (Lipinski definition) is 1. The number of fused-ring (bicyclic) bond motifs is 5. The summed E-state index contributed by atoms with van der Waals surface area (Å²) >= 11 is 1.88. The van der Waals surface area contributed by atoms with Crippen LogP contribution in [0.25, 0.3) is 0 Å². The zero-order valence-electron chi connectivity index (χ0n) is 23.8. The molecule has 0 spiro atoms. The van der Waals surface area contributed by atoms with Gasteiger partial charge >= 0.3 is 0 Å². The van der Waals surface area contributed by atoms with E-state index in [1.54, 1.807) is 19.2 Å². The van der Waals surface area contributed by atoms with E-state index in [-0.39, 0.29) is 30.5 Å². The Morgan fingerprint density at radius 1 is 0.951 bits per heavy atom. The van der Waals surface area contributed by atoms with Crippen LogP contribution in [0.3, 0.4) is 0 Å². The van der Waals surface area contributed by atoms with Gasteiger partial charge < -0.3 is 19.7 Å². The maximum Gasteiger partial charge on any atom is 0.254 e. The first-order valence-corrected chi connectivity index (χ1v) is 15.3. The molecule has 2 atom stereocenters. The van der Waals surface area contributed by atoms with E-state index in [2.05, 4.69) is 27.2 Å². The zero-order valence-corrected chi connectivity index (χ0v) is 24.6. The fraction of sp³-hybridized carbons (Fsp3) is 0.438. The third-order valence-corrected chi connectivity index (χ3v) is 9.17. The molecule has 216 valence electrons. The van der Waals surface area contributed by atoms with Crippen LogP contribution in [0.2, 0.25) is 0 Å². The van der Waals surface area contributed by atoms with E-state index in [0.717, 1.165) is 30.8 Å². The van der Waals surface area contributed by atoms with Gasteiger partial charge in [-0.15, -0.1) is 11.3 Å². The number of nitrogens with zero attached hydrogens (tertiary/aromatic N) is 3. The van der Waals surface area contributed by atoms with Crippen LogP contribution in [0, 0.1) is 6.92 Å². The van der Waals surface area contributed by atoms with E-state index in [0.29, 0.717) is 30.2 Å². The summed E-state index contributed by atoms with van der Waals surface area (Å²) in [5, 5.41) is 3.18. The van der Waals surface area contributed by atoms with Crippen molar-refractivity contribution in [2.24, 2.45) is 0 Å². The molecule has 2 aromatic carbocycles. The van der Waals surface area contributed by atoms with Gasteiger partial charge in [-0.05, 0) is 80.4 Å². The molecule has 1 aromatic heterocycles. The first-order valence-electron chi connectivity index (χ1n) is 14.5. The van der Waals surface area contributed by atoms with Crippen molar-refractivity contribution in [2.75, 3.05) is 39.8 Å². The monoisotopic (exact) mass is 574 g/mol. The Balaban J connectivity index is 1.19. The molecule has 4 bridgehead atoms. The molecule has 0 aliphatic carbocycles. The Labute approximate surface area is 245 Å².